The lowest BCUT2D eigenvalue weighted by Gasteiger charge is -2.12. The highest BCUT2D eigenvalue weighted by molar-refractivity contribution is 7.98. The average molecular weight is 272 g/mol. The number of carboxylic acids is 1. The van der Waals surface area contributed by atoms with E-state index in [1.54, 1.807) is 0 Å². The highest BCUT2D eigenvalue weighted by Gasteiger charge is 2.17. The van der Waals surface area contributed by atoms with E-state index < -0.39 is 23.7 Å². The first kappa shape index (κ1) is 14.4. The van der Waals surface area contributed by atoms with Gasteiger partial charge in [-0.25, -0.2) is 9.18 Å². The fraction of sp³-hybridized carbons (Fsp3) is 0.364. The number of nitrogens with zero attached hydrogens (tertiary/aromatic N) is 1. The van der Waals surface area contributed by atoms with Crippen LogP contribution in [0.5, 0.6) is 0 Å². The Kier molecular flexibility index (Phi) is 5.57. The van der Waals surface area contributed by atoms with E-state index in [4.69, 9.17) is 5.11 Å². The maximum absolute atomic E-state index is 12.8. The molecule has 1 rings (SSSR count). The van der Waals surface area contributed by atoms with E-state index in [1.807, 2.05) is 0 Å². The molecule has 0 aromatic carbocycles. The smallest absolute Gasteiger partial charge is 0.327 e. The number of carbonyl (C=O) groups excluding carboxylic acids is 1. The van der Waals surface area contributed by atoms with Gasteiger partial charge in [0.2, 0.25) is 5.91 Å². The van der Waals surface area contributed by atoms with Crippen molar-refractivity contribution in [3.63, 3.8) is 0 Å². The average Bonchev–Trinajstić information content (AvgIpc) is 2.27. The van der Waals surface area contributed by atoms with Crippen LogP contribution in [0.15, 0.2) is 18.5 Å². The molecule has 1 aromatic rings. The molecule has 0 saturated carbocycles. The van der Waals surface area contributed by atoms with Crippen LogP contribution in [0.3, 0.4) is 0 Å². The van der Waals surface area contributed by atoms with Gasteiger partial charge < -0.3 is 10.4 Å². The molecule has 7 heteroatoms. The highest BCUT2D eigenvalue weighted by Crippen LogP contribution is 2.13. The number of hydrogen-bond donors (Lipinski definition) is 2. The molecule has 98 valence electrons. The Morgan fingerprint density at radius 1 is 1.56 bits per heavy atom. The molecule has 0 bridgehead atoms. The molecule has 0 aliphatic heterocycles. The molecule has 1 unspecified atom stereocenters. The second kappa shape index (κ2) is 6.95. The fourth-order valence-electron chi connectivity index (χ4n) is 1.25. The van der Waals surface area contributed by atoms with Crippen molar-refractivity contribution in [1.29, 1.82) is 0 Å². The molecule has 0 saturated heterocycles. The molecule has 0 fully saturated rings. The summed E-state index contributed by atoms with van der Waals surface area (Å²) in [7, 11) is 0. The van der Waals surface area contributed by atoms with Crippen molar-refractivity contribution in [3.8, 4) is 0 Å². The molecule has 0 aliphatic carbocycles. The SMILES string of the molecule is CC(=O)NC(CSCc1cncc(F)c1)C(=O)O. The molecule has 18 heavy (non-hydrogen) atoms. The van der Waals surface area contributed by atoms with Gasteiger partial charge in [-0.2, -0.15) is 11.8 Å². The number of aromatic nitrogens is 1. The summed E-state index contributed by atoms with van der Waals surface area (Å²) in [6.07, 6.45) is 2.62. The van der Waals surface area contributed by atoms with Gasteiger partial charge in [0.25, 0.3) is 0 Å². The lowest BCUT2D eigenvalue weighted by atomic mass is 10.3. The predicted octanol–water partition coefficient (Wildman–Crippen LogP) is 1.04. The van der Waals surface area contributed by atoms with E-state index in [2.05, 4.69) is 10.3 Å². The number of hydrogen-bond acceptors (Lipinski definition) is 4. The molecule has 0 radical (unpaired) electrons. The van der Waals surface area contributed by atoms with Gasteiger partial charge in [-0.05, 0) is 11.6 Å². The van der Waals surface area contributed by atoms with Crippen molar-refractivity contribution in [2.24, 2.45) is 0 Å². The van der Waals surface area contributed by atoms with Crippen molar-refractivity contribution >= 4 is 23.6 Å². The topological polar surface area (TPSA) is 79.3 Å². The third kappa shape index (κ3) is 5.13. The van der Waals surface area contributed by atoms with Gasteiger partial charge in [0.15, 0.2) is 0 Å². The van der Waals surface area contributed by atoms with Gasteiger partial charge in [0, 0.05) is 24.6 Å². The summed E-state index contributed by atoms with van der Waals surface area (Å²) < 4.78 is 12.8. The molecule has 1 amide bonds. The number of carboxylic acid groups (broad SMARTS) is 1. The lowest BCUT2D eigenvalue weighted by Crippen LogP contribution is -2.41. The minimum Gasteiger partial charge on any atom is -0.480 e. The van der Waals surface area contributed by atoms with Crippen LogP contribution in [0.2, 0.25) is 0 Å². The molecule has 1 atom stereocenters. The summed E-state index contributed by atoms with van der Waals surface area (Å²) in [5.41, 5.74) is 0.673. The van der Waals surface area contributed by atoms with E-state index >= 15 is 0 Å². The van der Waals surface area contributed by atoms with E-state index in [9.17, 15) is 14.0 Å². The van der Waals surface area contributed by atoms with Crippen molar-refractivity contribution in [2.75, 3.05) is 5.75 Å². The lowest BCUT2D eigenvalue weighted by molar-refractivity contribution is -0.140. The Hall–Kier alpha value is -1.63. The van der Waals surface area contributed by atoms with Crippen LogP contribution in [-0.2, 0) is 15.3 Å². The van der Waals surface area contributed by atoms with E-state index in [-0.39, 0.29) is 5.75 Å². The molecular weight excluding hydrogens is 259 g/mol. The quantitative estimate of drug-likeness (QED) is 0.809. The third-order valence-electron chi connectivity index (χ3n) is 1.99. The standard InChI is InChI=1S/C11H13FN2O3S/c1-7(15)14-10(11(16)17)6-18-5-8-2-9(12)4-13-3-8/h2-4,10H,5-6H2,1H3,(H,14,15)(H,16,17). The molecule has 0 aliphatic rings. The Balaban J connectivity index is 2.43. The Bertz CT molecular complexity index is 442. The first-order valence-electron chi connectivity index (χ1n) is 5.16. The molecule has 5 nitrogen and oxygen atoms in total. The van der Waals surface area contributed by atoms with Gasteiger partial charge in [-0.1, -0.05) is 0 Å². The summed E-state index contributed by atoms with van der Waals surface area (Å²) in [6, 6.07) is 0.405. The number of thioether (sulfide) groups is 1. The maximum Gasteiger partial charge on any atom is 0.327 e. The Morgan fingerprint density at radius 2 is 2.28 bits per heavy atom. The zero-order chi connectivity index (χ0) is 13.5. The number of pyridine rings is 1. The minimum absolute atomic E-state index is 0.214. The minimum atomic E-state index is -1.09. The van der Waals surface area contributed by atoms with Crippen molar-refractivity contribution in [3.05, 3.63) is 29.8 Å². The molecule has 1 heterocycles. The van der Waals surface area contributed by atoms with Gasteiger partial charge in [0.1, 0.15) is 11.9 Å². The normalized spacial score (nSPS) is 11.9. The summed E-state index contributed by atoms with van der Waals surface area (Å²) in [5, 5.41) is 11.2. The monoisotopic (exact) mass is 272 g/mol. The van der Waals surface area contributed by atoms with Crippen LogP contribution >= 0.6 is 11.8 Å². The number of carbonyl (C=O) groups is 2. The zero-order valence-corrected chi connectivity index (χ0v) is 10.5. The van der Waals surface area contributed by atoms with E-state index in [0.717, 1.165) is 6.20 Å². The first-order valence-corrected chi connectivity index (χ1v) is 6.31. The number of nitrogens with one attached hydrogen (secondary N) is 1. The van der Waals surface area contributed by atoms with Crippen LogP contribution in [0.4, 0.5) is 4.39 Å². The largest absolute Gasteiger partial charge is 0.480 e. The highest BCUT2D eigenvalue weighted by atomic mass is 32.2. The van der Waals surface area contributed by atoms with Crippen LogP contribution in [-0.4, -0.2) is 33.8 Å². The van der Waals surface area contributed by atoms with Crippen LogP contribution < -0.4 is 5.32 Å². The second-order valence-corrected chi connectivity index (χ2v) is 4.65. The molecule has 2 N–H and O–H groups in total. The van der Waals surface area contributed by atoms with E-state index in [0.29, 0.717) is 11.3 Å². The van der Waals surface area contributed by atoms with Crippen LogP contribution in [0.25, 0.3) is 0 Å². The summed E-state index contributed by atoms with van der Waals surface area (Å²) in [6.45, 7) is 1.26. The Labute approximate surface area is 108 Å². The third-order valence-corrected chi connectivity index (χ3v) is 3.10. The second-order valence-electron chi connectivity index (χ2n) is 3.62. The molecule has 1 aromatic heterocycles. The number of amides is 1. The van der Waals surface area contributed by atoms with Crippen molar-refractivity contribution in [2.45, 2.75) is 18.7 Å². The number of rotatable bonds is 6. The molecule has 0 spiro atoms. The zero-order valence-electron chi connectivity index (χ0n) is 9.72. The van der Waals surface area contributed by atoms with Gasteiger partial charge >= 0.3 is 5.97 Å². The maximum atomic E-state index is 12.8. The fourth-order valence-corrected chi connectivity index (χ4v) is 2.22. The van der Waals surface area contributed by atoms with Gasteiger partial charge in [-0.3, -0.25) is 9.78 Å². The molecular formula is C11H13FN2O3S. The van der Waals surface area contributed by atoms with Crippen LogP contribution in [0, 0.1) is 5.82 Å². The number of halogens is 1. The van der Waals surface area contributed by atoms with E-state index in [1.165, 1.54) is 30.9 Å². The predicted molar refractivity (Wildman–Crippen MR) is 65.6 cm³/mol. The Morgan fingerprint density at radius 3 is 2.83 bits per heavy atom. The number of aliphatic carboxylic acids is 1. The summed E-state index contributed by atoms with van der Waals surface area (Å²) in [5.74, 6) is -1.25. The summed E-state index contributed by atoms with van der Waals surface area (Å²) in [4.78, 5) is 25.3. The first-order chi connectivity index (χ1) is 8.49. The van der Waals surface area contributed by atoms with Crippen molar-refractivity contribution in [1.82, 2.24) is 10.3 Å². The van der Waals surface area contributed by atoms with Gasteiger partial charge in [0.05, 0.1) is 6.20 Å². The summed E-state index contributed by atoms with van der Waals surface area (Å²) >= 11 is 1.29. The van der Waals surface area contributed by atoms with Gasteiger partial charge in [-0.15, -0.1) is 0 Å². The van der Waals surface area contributed by atoms with Crippen molar-refractivity contribution < 1.29 is 19.1 Å². The van der Waals surface area contributed by atoms with Crippen LogP contribution in [0.1, 0.15) is 12.5 Å².